The molecule has 0 N–H and O–H groups in total. The number of likely N-dealkylation sites (N-methyl/N-ethyl adjacent to an activating group) is 1. The molecule has 1 aliphatic rings. The predicted octanol–water partition coefficient (Wildman–Crippen LogP) is 4.38. The van der Waals surface area contributed by atoms with E-state index in [0.717, 1.165) is 33.6 Å². The first kappa shape index (κ1) is 16.6. The first-order valence-electron chi connectivity index (χ1n) is 7.78. The second kappa shape index (κ2) is 5.98. The van der Waals surface area contributed by atoms with Crippen LogP contribution >= 0.6 is 11.8 Å². The smallest absolute Gasteiger partial charge is 0.293 e. The summed E-state index contributed by atoms with van der Waals surface area (Å²) in [6.07, 6.45) is 1.82. The molecule has 24 heavy (non-hydrogen) atoms. The minimum Gasteiger partial charge on any atom is -0.317 e. The minimum atomic E-state index is -0.234. The molecule has 0 bridgehead atoms. The van der Waals surface area contributed by atoms with E-state index in [2.05, 4.69) is 49.6 Å². The number of nitrogens with zero attached hydrogens (tertiary/aromatic N) is 2. The van der Waals surface area contributed by atoms with E-state index in [1.807, 2.05) is 13.0 Å². The van der Waals surface area contributed by atoms with Crippen molar-refractivity contribution in [3.63, 3.8) is 0 Å². The van der Waals surface area contributed by atoms with E-state index in [4.69, 9.17) is 0 Å². The summed E-state index contributed by atoms with van der Waals surface area (Å²) in [5, 5.41) is -0.227. The molecule has 2 heterocycles. The Hall–Kier alpha value is -2.27. The van der Waals surface area contributed by atoms with E-state index >= 15 is 0 Å². The van der Waals surface area contributed by atoms with Gasteiger partial charge in [0.1, 0.15) is 0 Å². The number of aryl methyl sites for hydroxylation is 3. The molecule has 0 aliphatic carbocycles. The quantitative estimate of drug-likeness (QED) is 0.762. The minimum absolute atomic E-state index is 0.227. The van der Waals surface area contributed by atoms with E-state index in [0.29, 0.717) is 4.91 Å². The highest BCUT2D eigenvalue weighted by Gasteiger charge is 2.32. The van der Waals surface area contributed by atoms with Gasteiger partial charge in [-0.25, -0.2) is 0 Å². The standard InChI is InChI=1S/C19H20N2O2S/c1-11-7-6-8-12(2)17(11)21-13(3)9-15(14(21)4)10-16-18(22)20(5)19(23)24-16/h6-10H,1-5H3. The van der Waals surface area contributed by atoms with Gasteiger partial charge in [0.05, 0.1) is 10.6 Å². The average molecular weight is 340 g/mol. The van der Waals surface area contributed by atoms with Gasteiger partial charge >= 0.3 is 0 Å². The van der Waals surface area contributed by atoms with Gasteiger partial charge in [-0.2, -0.15) is 0 Å². The molecule has 0 spiro atoms. The lowest BCUT2D eigenvalue weighted by atomic mass is 10.1. The summed E-state index contributed by atoms with van der Waals surface area (Å²) in [5.41, 5.74) is 6.72. The number of amides is 2. The van der Waals surface area contributed by atoms with Gasteiger partial charge in [-0.15, -0.1) is 0 Å². The van der Waals surface area contributed by atoms with Gasteiger partial charge in [0.15, 0.2) is 0 Å². The number of thioether (sulfide) groups is 1. The highest BCUT2D eigenvalue weighted by atomic mass is 32.2. The third kappa shape index (κ3) is 2.59. The maximum Gasteiger partial charge on any atom is 0.293 e. The van der Waals surface area contributed by atoms with Crippen LogP contribution in [0.2, 0.25) is 0 Å². The molecule has 3 rings (SSSR count). The number of imide groups is 1. The van der Waals surface area contributed by atoms with Crippen molar-refractivity contribution in [3.8, 4) is 5.69 Å². The summed E-state index contributed by atoms with van der Waals surface area (Å²) >= 11 is 0.992. The zero-order chi connectivity index (χ0) is 17.6. The number of para-hydroxylation sites is 1. The van der Waals surface area contributed by atoms with Crippen molar-refractivity contribution in [2.24, 2.45) is 0 Å². The number of aromatic nitrogens is 1. The van der Waals surface area contributed by atoms with Crippen LogP contribution < -0.4 is 0 Å². The lowest BCUT2D eigenvalue weighted by molar-refractivity contribution is -0.121. The van der Waals surface area contributed by atoms with Crippen LogP contribution in [0.5, 0.6) is 0 Å². The van der Waals surface area contributed by atoms with Gasteiger partial charge in [-0.05, 0) is 68.3 Å². The zero-order valence-electron chi connectivity index (χ0n) is 14.5. The van der Waals surface area contributed by atoms with E-state index < -0.39 is 0 Å². The molecule has 0 atom stereocenters. The Labute approximate surface area is 146 Å². The van der Waals surface area contributed by atoms with Crippen LogP contribution in [0.15, 0.2) is 29.2 Å². The van der Waals surface area contributed by atoms with Crippen molar-refractivity contribution in [2.75, 3.05) is 7.05 Å². The topological polar surface area (TPSA) is 42.3 Å². The number of benzene rings is 1. The van der Waals surface area contributed by atoms with Gasteiger partial charge in [-0.1, -0.05) is 18.2 Å². The molecule has 2 amide bonds. The molecular formula is C19H20N2O2S. The summed E-state index contributed by atoms with van der Waals surface area (Å²) in [5.74, 6) is -0.234. The number of carbonyl (C=O) groups excluding carboxylic acids is 2. The summed E-state index contributed by atoms with van der Waals surface area (Å²) in [7, 11) is 1.51. The molecular weight excluding hydrogens is 320 g/mol. The molecule has 1 aromatic heterocycles. The van der Waals surface area contributed by atoms with Gasteiger partial charge in [-0.3, -0.25) is 14.5 Å². The first-order valence-corrected chi connectivity index (χ1v) is 8.60. The normalized spacial score (nSPS) is 16.5. The van der Waals surface area contributed by atoms with E-state index in [1.165, 1.54) is 23.9 Å². The second-order valence-electron chi connectivity index (χ2n) is 6.14. The fourth-order valence-electron chi connectivity index (χ4n) is 3.12. The molecule has 5 heteroatoms. The second-order valence-corrected chi connectivity index (χ2v) is 7.14. The van der Waals surface area contributed by atoms with Crippen molar-refractivity contribution in [1.82, 2.24) is 9.47 Å². The van der Waals surface area contributed by atoms with Crippen molar-refractivity contribution in [2.45, 2.75) is 27.7 Å². The Balaban J connectivity index is 2.12. The number of hydrogen-bond acceptors (Lipinski definition) is 3. The largest absolute Gasteiger partial charge is 0.317 e. The van der Waals surface area contributed by atoms with Crippen molar-refractivity contribution >= 4 is 29.0 Å². The molecule has 1 fully saturated rings. The molecule has 0 saturated carbocycles. The Morgan fingerprint density at radius 2 is 1.67 bits per heavy atom. The fraction of sp³-hybridized carbons (Fsp3) is 0.263. The Kier molecular flexibility index (Phi) is 4.13. The van der Waals surface area contributed by atoms with E-state index in [-0.39, 0.29) is 11.1 Å². The Morgan fingerprint density at radius 1 is 1.04 bits per heavy atom. The molecule has 124 valence electrons. The van der Waals surface area contributed by atoms with Crippen LogP contribution in [-0.4, -0.2) is 27.7 Å². The van der Waals surface area contributed by atoms with Gasteiger partial charge in [0, 0.05) is 18.4 Å². The monoisotopic (exact) mass is 340 g/mol. The molecule has 0 unspecified atom stereocenters. The third-order valence-corrected chi connectivity index (χ3v) is 5.37. The molecule has 1 aliphatic heterocycles. The lowest BCUT2D eigenvalue weighted by Crippen LogP contribution is -2.22. The van der Waals surface area contributed by atoms with Crippen LogP contribution in [0.1, 0.15) is 28.1 Å². The maximum absolute atomic E-state index is 12.1. The van der Waals surface area contributed by atoms with E-state index in [1.54, 1.807) is 0 Å². The zero-order valence-corrected chi connectivity index (χ0v) is 15.3. The lowest BCUT2D eigenvalue weighted by Gasteiger charge is -2.15. The molecule has 0 radical (unpaired) electrons. The molecule has 4 nitrogen and oxygen atoms in total. The van der Waals surface area contributed by atoms with Crippen LogP contribution in [-0.2, 0) is 4.79 Å². The molecule has 1 saturated heterocycles. The fourth-order valence-corrected chi connectivity index (χ4v) is 3.94. The van der Waals surface area contributed by atoms with Crippen molar-refractivity contribution < 1.29 is 9.59 Å². The number of carbonyl (C=O) groups is 2. The molecule has 1 aromatic carbocycles. The van der Waals surface area contributed by atoms with Crippen molar-refractivity contribution in [1.29, 1.82) is 0 Å². The summed E-state index contributed by atoms with van der Waals surface area (Å²) < 4.78 is 2.21. The first-order chi connectivity index (χ1) is 11.3. The Morgan fingerprint density at radius 3 is 2.21 bits per heavy atom. The van der Waals surface area contributed by atoms with Gasteiger partial charge < -0.3 is 4.57 Å². The van der Waals surface area contributed by atoms with Crippen LogP contribution in [0.3, 0.4) is 0 Å². The van der Waals surface area contributed by atoms with Crippen LogP contribution in [0, 0.1) is 27.7 Å². The average Bonchev–Trinajstić information content (AvgIpc) is 2.92. The summed E-state index contributed by atoms with van der Waals surface area (Å²) in [6, 6.07) is 8.32. The van der Waals surface area contributed by atoms with E-state index in [9.17, 15) is 9.59 Å². The van der Waals surface area contributed by atoms with Gasteiger partial charge in [0.25, 0.3) is 11.1 Å². The third-order valence-electron chi connectivity index (χ3n) is 4.41. The SMILES string of the molecule is Cc1cccc(C)c1-n1c(C)cc(C=C2SC(=O)N(C)C2=O)c1C. The Bertz CT molecular complexity index is 873. The summed E-state index contributed by atoms with van der Waals surface area (Å²) in [4.78, 5) is 25.4. The predicted molar refractivity (Wildman–Crippen MR) is 98.5 cm³/mol. The summed E-state index contributed by atoms with van der Waals surface area (Å²) in [6.45, 7) is 8.30. The number of hydrogen-bond donors (Lipinski definition) is 0. The number of rotatable bonds is 2. The van der Waals surface area contributed by atoms with Crippen LogP contribution in [0.25, 0.3) is 11.8 Å². The van der Waals surface area contributed by atoms with Crippen molar-refractivity contribution in [3.05, 3.63) is 57.2 Å². The van der Waals surface area contributed by atoms with Crippen LogP contribution in [0.4, 0.5) is 4.79 Å². The highest BCUT2D eigenvalue weighted by molar-refractivity contribution is 8.18. The molecule has 2 aromatic rings. The van der Waals surface area contributed by atoms with Gasteiger partial charge in [0.2, 0.25) is 0 Å². The highest BCUT2D eigenvalue weighted by Crippen LogP contribution is 2.33. The maximum atomic E-state index is 12.1.